The summed E-state index contributed by atoms with van der Waals surface area (Å²) < 4.78 is 5.14. The van der Waals surface area contributed by atoms with Gasteiger partial charge in [0.15, 0.2) is 0 Å². The number of hydrogen-bond acceptors (Lipinski definition) is 3. The van der Waals surface area contributed by atoms with Crippen LogP contribution in [0.1, 0.15) is 20.8 Å². The average Bonchev–Trinajstić information content (AvgIpc) is 2.23. The van der Waals surface area contributed by atoms with Gasteiger partial charge in [-0.15, -0.1) is 6.42 Å². The number of terminal acetylenes is 1. The van der Waals surface area contributed by atoms with Crippen molar-refractivity contribution in [1.82, 2.24) is 10.2 Å². The lowest BCUT2D eigenvalue weighted by Crippen LogP contribution is -2.43. The average molecular weight is 226 g/mol. The van der Waals surface area contributed by atoms with Crippen molar-refractivity contribution < 1.29 is 4.74 Å². The van der Waals surface area contributed by atoms with Gasteiger partial charge in [-0.3, -0.25) is 4.90 Å². The van der Waals surface area contributed by atoms with E-state index in [0.717, 1.165) is 26.2 Å². The molecule has 16 heavy (non-hydrogen) atoms. The van der Waals surface area contributed by atoms with Crippen LogP contribution in [0.5, 0.6) is 0 Å². The molecule has 3 nitrogen and oxygen atoms in total. The molecular formula is C13H26N2O. The summed E-state index contributed by atoms with van der Waals surface area (Å²) in [6.45, 7) is 11.1. The topological polar surface area (TPSA) is 24.5 Å². The Kier molecular flexibility index (Phi) is 9.31. The zero-order valence-electron chi connectivity index (χ0n) is 11.1. The maximum Gasteiger partial charge on any atom is 0.0589 e. The fourth-order valence-corrected chi connectivity index (χ4v) is 1.65. The molecule has 0 aromatic rings. The van der Waals surface area contributed by atoms with Crippen molar-refractivity contribution in [1.29, 1.82) is 0 Å². The Labute approximate surface area is 101 Å². The smallest absolute Gasteiger partial charge is 0.0589 e. The maximum atomic E-state index is 5.21. The number of rotatable bonds is 9. The molecule has 0 saturated carbocycles. The monoisotopic (exact) mass is 226 g/mol. The third-order valence-electron chi connectivity index (χ3n) is 2.47. The number of nitrogens with one attached hydrogen (secondary N) is 1. The molecule has 0 aromatic heterocycles. The van der Waals surface area contributed by atoms with Crippen LogP contribution in [0.2, 0.25) is 0 Å². The number of nitrogens with zero attached hydrogens (tertiary/aromatic N) is 1. The van der Waals surface area contributed by atoms with Gasteiger partial charge in [-0.05, 0) is 12.8 Å². The molecule has 3 heteroatoms. The molecule has 0 aromatic carbocycles. The summed E-state index contributed by atoms with van der Waals surface area (Å²) in [5.74, 6) is 3.26. The Morgan fingerprint density at radius 2 is 2.06 bits per heavy atom. The van der Waals surface area contributed by atoms with Crippen molar-refractivity contribution in [2.24, 2.45) is 5.92 Å². The first-order valence-corrected chi connectivity index (χ1v) is 5.99. The molecule has 1 N–H and O–H groups in total. The predicted octanol–water partition coefficient (Wildman–Crippen LogP) is 1.20. The molecule has 0 rings (SSSR count). The fourth-order valence-electron chi connectivity index (χ4n) is 1.65. The minimum atomic E-state index is 0.492. The zero-order chi connectivity index (χ0) is 12.4. The molecule has 0 saturated heterocycles. The summed E-state index contributed by atoms with van der Waals surface area (Å²) in [5, 5.41) is 3.25. The number of methoxy groups -OCH3 is 1. The Morgan fingerprint density at radius 1 is 1.38 bits per heavy atom. The van der Waals surface area contributed by atoms with Crippen LogP contribution in [0, 0.1) is 18.3 Å². The van der Waals surface area contributed by atoms with E-state index in [9.17, 15) is 0 Å². The van der Waals surface area contributed by atoms with Crippen LogP contribution < -0.4 is 5.32 Å². The molecule has 1 atom stereocenters. The molecule has 0 spiro atoms. The van der Waals surface area contributed by atoms with E-state index in [4.69, 9.17) is 11.2 Å². The second kappa shape index (κ2) is 9.65. The van der Waals surface area contributed by atoms with Crippen LogP contribution in [0.15, 0.2) is 0 Å². The van der Waals surface area contributed by atoms with Gasteiger partial charge in [0.25, 0.3) is 0 Å². The summed E-state index contributed by atoms with van der Waals surface area (Å²) in [4.78, 5) is 2.44. The summed E-state index contributed by atoms with van der Waals surface area (Å²) in [6.07, 6.45) is 5.21. The lowest BCUT2D eigenvalue weighted by atomic mass is 10.1. The highest BCUT2D eigenvalue weighted by Gasteiger charge is 2.14. The third kappa shape index (κ3) is 7.70. The fraction of sp³-hybridized carbons (Fsp3) is 0.846. The molecule has 0 aliphatic carbocycles. The van der Waals surface area contributed by atoms with Gasteiger partial charge in [-0.25, -0.2) is 0 Å². The van der Waals surface area contributed by atoms with Crippen LogP contribution in [-0.2, 0) is 4.74 Å². The molecule has 0 heterocycles. The quantitative estimate of drug-likeness (QED) is 0.472. The van der Waals surface area contributed by atoms with Crippen LogP contribution in [0.4, 0.5) is 0 Å². The van der Waals surface area contributed by atoms with E-state index >= 15 is 0 Å². The van der Waals surface area contributed by atoms with Gasteiger partial charge in [0, 0.05) is 32.8 Å². The van der Waals surface area contributed by atoms with Gasteiger partial charge in [-0.1, -0.05) is 19.8 Å². The van der Waals surface area contributed by atoms with Gasteiger partial charge < -0.3 is 10.1 Å². The van der Waals surface area contributed by atoms with Crippen molar-refractivity contribution in [3.63, 3.8) is 0 Å². The maximum absolute atomic E-state index is 5.21. The van der Waals surface area contributed by atoms with E-state index in [1.54, 1.807) is 7.11 Å². The van der Waals surface area contributed by atoms with Crippen molar-refractivity contribution in [2.45, 2.75) is 26.8 Å². The lowest BCUT2D eigenvalue weighted by Gasteiger charge is -2.30. The zero-order valence-corrected chi connectivity index (χ0v) is 11.1. The molecule has 1 unspecified atom stereocenters. The van der Waals surface area contributed by atoms with Crippen LogP contribution >= 0.6 is 0 Å². The van der Waals surface area contributed by atoms with E-state index in [1.165, 1.54) is 0 Å². The Bertz CT molecular complexity index is 199. The van der Waals surface area contributed by atoms with Gasteiger partial charge in [-0.2, -0.15) is 0 Å². The molecule has 94 valence electrons. The Hall–Kier alpha value is -0.560. The molecule has 0 aliphatic heterocycles. The van der Waals surface area contributed by atoms with Gasteiger partial charge >= 0.3 is 0 Å². The van der Waals surface area contributed by atoms with Crippen molar-refractivity contribution >= 4 is 0 Å². The third-order valence-corrected chi connectivity index (χ3v) is 2.47. The van der Waals surface area contributed by atoms with Crippen molar-refractivity contribution in [3.05, 3.63) is 0 Å². The predicted molar refractivity (Wildman–Crippen MR) is 69.5 cm³/mol. The standard InChI is InChI=1S/C13H26N2O/c1-6-7-14-10-13(4)15(8-9-16-5)11-12(2)3/h1,12-14H,7-11H2,2-5H3. The molecule has 0 amide bonds. The van der Waals surface area contributed by atoms with E-state index in [1.807, 2.05) is 0 Å². The van der Waals surface area contributed by atoms with E-state index in [0.29, 0.717) is 18.5 Å². The minimum absolute atomic E-state index is 0.492. The lowest BCUT2D eigenvalue weighted by molar-refractivity contribution is 0.115. The first-order chi connectivity index (χ1) is 7.61. The first kappa shape index (κ1) is 15.4. The van der Waals surface area contributed by atoms with Gasteiger partial charge in [0.2, 0.25) is 0 Å². The molecule has 0 radical (unpaired) electrons. The normalized spacial score (nSPS) is 13.1. The minimum Gasteiger partial charge on any atom is -0.383 e. The van der Waals surface area contributed by atoms with Crippen molar-refractivity contribution in [3.8, 4) is 12.3 Å². The molecule has 0 fully saturated rings. The molecular weight excluding hydrogens is 200 g/mol. The van der Waals surface area contributed by atoms with Crippen LogP contribution in [0.3, 0.4) is 0 Å². The van der Waals surface area contributed by atoms with E-state index < -0.39 is 0 Å². The SMILES string of the molecule is C#CCNCC(C)N(CCOC)CC(C)C. The molecule has 0 aliphatic rings. The highest BCUT2D eigenvalue weighted by Crippen LogP contribution is 2.03. The largest absolute Gasteiger partial charge is 0.383 e. The Morgan fingerprint density at radius 3 is 2.56 bits per heavy atom. The highest BCUT2D eigenvalue weighted by atomic mass is 16.5. The summed E-state index contributed by atoms with van der Waals surface area (Å²) >= 11 is 0. The van der Waals surface area contributed by atoms with Crippen molar-refractivity contribution in [2.75, 3.05) is 39.9 Å². The van der Waals surface area contributed by atoms with Crippen LogP contribution in [-0.4, -0.2) is 50.8 Å². The van der Waals surface area contributed by atoms with E-state index in [-0.39, 0.29) is 0 Å². The molecule has 0 bridgehead atoms. The van der Waals surface area contributed by atoms with Crippen LogP contribution in [0.25, 0.3) is 0 Å². The number of hydrogen-bond donors (Lipinski definition) is 1. The summed E-state index contributed by atoms with van der Waals surface area (Å²) in [5.41, 5.74) is 0. The first-order valence-electron chi connectivity index (χ1n) is 5.99. The number of ether oxygens (including phenoxy) is 1. The highest BCUT2D eigenvalue weighted by molar-refractivity contribution is 4.87. The summed E-state index contributed by atoms with van der Waals surface area (Å²) in [7, 11) is 1.74. The van der Waals surface area contributed by atoms with E-state index in [2.05, 4.69) is 36.9 Å². The second-order valence-corrected chi connectivity index (χ2v) is 4.57. The van der Waals surface area contributed by atoms with Gasteiger partial charge in [0.05, 0.1) is 13.2 Å². The second-order valence-electron chi connectivity index (χ2n) is 4.57. The van der Waals surface area contributed by atoms with Gasteiger partial charge in [0.1, 0.15) is 0 Å². The Balaban J connectivity index is 3.99. The summed E-state index contributed by atoms with van der Waals surface area (Å²) in [6, 6.07) is 0.492.